The fraction of sp³-hybridized carbons (Fsp3) is 0.455. The van der Waals surface area contributed by atoms with Crippen molar-refractivity contribution in [1.29, 1.82) is 0 Å². The first-order chi connectivity index (χ1) is 6.52. The Kier molecular flexibility index (Phi) is 3.49. The molecule has 0 spiro atoms. The van der Waals surface area contributed by atoms with Crippen molar-refractivity contribution in [3.8, 4) is 5.75 Å². The average molecular weight is 194 g/mol. The van der Waals surface area contributed by atoms with Gasteiger partial charge < -0.3 is 16.6 Å². The number of phenols is 1. The highest BCUT2D eigenvalue weighted by Gasteiger charge is 2.18. The van der Waals surface area contributed by atoms with Crippen molar-refractivity contribution in [2.75, 3.05) is 0 Å². The Balaban J connectivity index is 2.83. The summed E-state index contributed by atoms with van der Waals surface area (Å²) in [4.78, 5) is 0. The van der Waals surface area contributed by atoms with E-state index in [2.05, 4.69) is 0 Å². The first-order valence-corrected chi connectivity index (χ1v) is 4.82. The van der Waals surface area contributed by atoms with Crippen molar-refractivity contribution in [3.05, 3.63) is 29.8 Å². The molecule has 1 rings (SSSR count). The smallest absolute Gasteiger partial charge is 0.115 e. The number of aromatic hydroxyl groups is 1. The molecule has 2 atom stereocenters. The quantitative estimate of drug-likeness (QED) is 0.680. The van der Waals surface area contributed by atoms with Crippen molar-refractivity contribution >= 4 is 0 Å². The zero-order valence-corrected chi connectivity index (χ0v) is 8.64. The molecular formula is C11H18N2O. The van der Waals surface area contributed by atoms with Crippen LogP contribution in [-0.2, 0) is 0 Å². The molecule has 0 aliphatic rings. The molecule has 0 saturated carbocycles. The molecule has 0 aromatic heterocycles. The summed E-state index contributed by atoms with van der Waals surface area (Å²) in [5.41, 5.74) is 12.8. The summed E-state index contributed by atoms with van der Waals surface area (Å²) >= 11 is 0. The van der Waals surface area contributed by atoms with E-state index in [0.29, 0.717) is 5.92 Å². The predicted octanol–water partition coefficient (Wildman–Crippen LogP) is 1.38. The van der Waals surface area contributed by atoms with Crippen LogP contribution in [0.25, 0.3) is 0 Å². The zero-order valence-electron chi connectivity index (χ0n) is 8.64. The number of hydrogen-bond donors (Lipinski definition) is 3. The summed E-state index contributed by atoms with van der Waals surface area (Å²) in [6.07, 6.45) is 0. The van der Waals surface area contributed by atoms with Crippen LogP contribution in [0.5, 0.6) is 5.75 Å². The Bertz CT molecular complexity index is 299. The summed E-state index contributed by atoms with van der Waals surface area (Å²) in [5.74, 6) is 0.557. The molecule has 0 bridgehead atoms. The minimum absolute atomic E-state index is 0.0863. The fourth-order valence-electron chi connectivity index (χ4n) is 1.37. The molecule has 3 heteroatoms. The standard InChI is InChI=1S/C11H18N2O/c1-7(2)10(12)11(13)8-4-3-5-9(14)6-8/h3-7,10-11,14H,12-13H2,1-2H3/t10-,11-/m0/s1. The first-order valence-electron chi connectivity index (χ1n) is 4.82. The molecule has 0 heterocycles. The Morgan fingerprint density at radius 2 is 1.86 bits per heavy atom. The number of rotatable bonds is 3. The molecule has 0 unspecified atom stereocenters. The maximum Gasteiger partial charge on any atom is 0.115 e. The van der Waals surface area contributed by atoms with Crippen molar-refractivity contribution in [3.63, 3.8) is 0 Å². The van der Waals surface area contributed by atoms with E-state index in [-0.39, 0.29) is 17.8 Å². The first kappa shape index (κ1) is 11.0. The van der Waals surface area contributed by atoms with Crippen LogP contribution in [0, 0.1) is 5.92 Å². The van der Waals surface area contributed by atoms with Crippen LogP contribution in [0.2, 0.25) is 0 Å². The molecule has 5 N–H and O–H groups in total. The van der Waals surface area contributed by atoms with Gasteiger partial charge in [-0.05, 0) is 23.6 Å². The Hall–Kier alpha value is -1.06. The predicted molar refractivity (Wildman–Crippen MR) is 57.8 cm³/mol. The highest BCUT2D eigenvalue weighted by Crippen LogP contribution is 2.21. The third-order valence-electron chi connectivity index (χ3n) is 2.44. The van der Waals surface area contributed by atoms with E-state index < -0.39 is 0 Å². The Labute approximate surface area is 84.7 Å². The van der Waals surface area contributed by atoms with Crippen molar-refractivity contribution in [2.45, 2.75) is 25.9 Å². The summed E-state index contributed by atoms with van der Waals surface area (Å²) < 4.78 is 0. The largest absolute Gasteiger partial charge is 0.508 e. The normalized spacial score (nSPS) is 15.5. The number of phenolic OH excluding ortho intramolecular Hbond substituents is 1. The van der Waals surface area contributed by atoms with Gasteiger partial charge in [-0.3, -0.25) is 0 Å². The lowest BCUT2D eigenvalue weighted by atomic mass is 9.92. The topological polar surface area (TPSA) is 72.3 Å². The molecule has 0 saturated heterocycles. The zero-order chi connectivity index (χ0) is 10.7. The number of hydrogen-bond acceptors (Lipinski definition) is 3. The van der Waals surface area contributed by atoms with Gasteiger partial charge in [0.05, 0.1) is 0 Å². The van der Waals surface area contributed by atoms with E-state index in [1.807, 2.05) is 19.9 Å². The van der Waals surface area contributed by atoms with Crippen LogP contribution >= 0.6 is 0 Å². The van der Waals surface area contributed by atoms with Crippen molar-refractivity contribution in [1.82, 2.24) is 0 Å². The SMILES string of the molecule is CC(C)[C@H](N)[C@@H](N)c1cccc(O)c1. The van der Waals surface area contributed by atoms with Gasteiger partial charge in [0.1, 0.15) is 5.75 Å². The van der Waals surface area contributed by atoms with E-state index in [0.717, 1.165) is 5.56 Å². The molecule has 0 aliphatic carbocycles. The molecule has 0 amide bonds. The van der Waals surface area contributed by atoms with Gasteiger partial charge in [-0.15, -0.1) is 0 Å². The van der Waals surface area contributed by atoms with Crippen LogP contribution in [0.1, 0.15) is 25.5 Å². The van der Waals surface area contributed by atoms with Gasteiger partial charge in [0.15, 0.2) is 0 Å². The van der Waals surface area contributed by atoms with E-state index in [4.69, 9.17) is 11.5 Å². The summed E-state index contributed by atoms with van der Waals surface area (Å²) in [7, 11) is 0. The summed E-state index contributed by atoms with van der Waals surface area (Å²) in [6.45, 7) is 4.07. The minimum atomic E-state index is -0.220. The molecule has 14 heavy (non-hydrogen) atoms. The third-order valence-corrected chi connectivity index (χ3v) is 2.44. The summed E-state index contributed by atoms with van der Waals surface area (Å²) in [6, 6.07) is 6.63. The van der Waals surface area contributed by atoms with Crippen LogP contribution in [0.4, 0.5) is 0 Å². The second-order valence-electron chi connectivity index (χ2n) is 3.94. The van der Waals surface area contributed by atoms with Gasteiger partial charge >= 0.3 is 0 Å². The van der Waals surface area contributed by atoms with Crippen LogP contribution in [-0.4, -0.2) is 11.1 Å². The molecule has 0 fully saturated rings. The monoisotopic (exact) mass is 194 g/mol. The van der Waals surface area contributed by atoms with Gasteiger partial charge in [0.2, 0.25) is 0 Å². The molecular weight excluding hydrogens is 176 g/mol. The molecule has 3 nitrogen and oxygen atoms in total. The second kappa shape index (κ2) is 4.44. The highest BCUT2D eigenvalue weighted by atomic mass is 16.3. The van der Waals surface area contributed by atoms with Crippen LogP contribution < -0.4 is 11.5 Å². The van der Waals surface area contributed by atoms with Gasteiger partial charge in [0, 0.05) is 12.1 Å². The van der Waals surface area contributed by atoms with Crippen molar-refractivity contribution in [2.24, 2.45) is 17.4 Å². The Morgan fingerprint density at radius 1 is 1.21 bits per heavy atom. The average Bonchev–Trinajstić information content (AvgIpc) is 2.15. The van der Waals surface area contributed by atoms with Crippen LogP contribution in [0.15, 0.2) is 24.3 Å². The Morgan fingerprint density at radius 3 is 2.36 bits per heavy atom. The van der Waals surface area contributed by atoms with Gasteiger partial charge in [-0.25, -0.2) is 0 Å². The highest BCUT2D eigenvalue weighted by molar-refractivity contribution is 5.30. The summed E-state index contributed by atoms with van der Waals surface area (Å²) in [5, 5.41) is 9.29. The molecule has 1 aromatic rings. The second-order valence-corrected chi connectivity index (χ2v) is 3.94. The molecule has 1 aromatic carbocycles. The fourth-order valence-corrected chi connectivity index (χ4v) is 1.37. The molecule has 0 aliphatic heterocycles. The van der Waals surface area contributed by atoms with Gasteiger partial charge in [-0.2, -0.15) is 0 Å². The maximum absolute atomic E-state index is 9.29. The van der Waals surface area contributed by atoms with E-state index in [1.165, 1.54) is 0 Å². The van der Waals surface area contributed by atoms with Gasteiger partial charge in [-0.1, -0.05) is 26.0 Å². The van der Waals surface area contributed by atoms with Crippen LogP contribution in [0.3, 0.4) is 0 Å². The minimum Gasteiger partial charge on any atom is -0.508 e. The lowest BCUT2D eigenvalue weighted by Crippen LogP contribution is -2.38. The number of nitrogens with two attached hydrogens (primary N) is 2. The lowest BCUT2D eigenvalue weighted by molar-refractivity contribution is 0.420. The van der Waals surface area contributed by atoms with E-state index >= 15 is 0 Å². The number of benzene rings is 1. The van der Waals surface area contributed by atoms with Crippen molar-refractivity contribution < 1.29 is 5.11 Å². The third kappa shape index (κ3) is 2.47. The molecule has 78 valence electrons. The van der Waals surface area contributed by atoms with E-state index in [9.17, 15) is 5.11 Å². The maximum atomic E-state index is 9.29. The van der Waals surface area contributed by atoms with E-state index in [1.54, 1.807) is 18.2 Å². The van der Waals surface area contributed by atoms with Gasteiger partial charge in [0.25, 0.3) is 0 Å². The molecule has 0 radical (unpaired) electrons. The lowest BCUT2D eigenvalue weighted by Gasteiger charge is -2.23.